The number of amides is 1. The summed E-state index contributed by atoms with van der Waals surface area (Å²) in [6.45, 7) is 5.32. The normalized spacial score (nSPS) is 11.0. The largest absolute Gasteiger partial charge is 0.493 e. The van der Waals surface area contributed by atoms with Crippen LogP contribution in [-0.4, -0.2) is 24.6 Å². The van der Waals surface area contributed by atoms with Crippen LogP contribution in [0.4, 0.5) is 0 Å². The highest BCUT2D eigenvalue weighted by molar-refractivity contribution is 7.18. The number of fused-ring (bicyclic) bond motifs is 1. The molecule has 0 saturated heterocycles. The molecule has 1 aromatic heterocycles. The van der Waals surface area contributed by atoms with Crippen molar-refractivity contribution in [1.29, 1.82) is 0 Å². The Hall–Kier alpha value is -2.60. The van der Waals surface area contributed by atoms with E-state index >= 15 is 0 Å². The van der Waals surface area contributed by atoms with E-state index < -0.39 is 0 Å². The zero-order chi connectivity index (χ0) is 19.2. The van der Waals surface area contributed by atoms with Gasteiger partial charge in [-0.1, -0.05) is 26.0 Å². The summed E-state index contributed by atoms with van der Waals surface area (Å²) in [6, 6.07) is 13.2. The van der Waals surface area contributed by atoms with E-state index in [1.807, 2.05) is 24.3 Å². The van der Waals surface area contributed by atoms with Crippen molar-refractivity contribution in [2.75, 3.05) is 13.7 Å². The molecule has 142 valence electrons. The quantitative estimate of drug-likeness (QED) is 0.614. The Balaban J connectivity index is 1.63. The lowest BCUT2D eigenvalue weighted by Gasteiger charge is -2.13. The van der Waals surface area contributed by atoms with Crippen molar-refractivity contribution in [3.63, 3.8) is 0 Å². The first-order valence-corrected chi connectivity index (χ1v) is 9.82. The van der Waals surface area contributed by atoms with Gasteiger partial charge in [0.2, 0.25) is 0 Å². The molecule has 6 heteroatoms. The minimum absolute atomic E-state index is 0.165. The zero-order valence-corrected chi connectivity index (χ0v) is 16.6. The van der Waals surface area contributed by atoms with Crippen LogP contribution < -0.4 is 14.8 Å². The highest BCUT2D eigenvalue weighted by atomic mass is 32.1. The van der Waals surface area contributed by atoms with Gasteiger partial charge < -0.3 is 14.8 Å². The molecule has 0 saturated carbocycles. The van der Waals surface area contributed by atoms with Crippen LogP contribution in [0.2, 0.25) is 0 Å². The number of methoxy groups -OCH3 is 1. The highest BCUT2D eigenvalue weighted by Crippen LogP contribution is 2.28. The lowest BCUT2D eigenvalue weighted by Crippen LogP contribution is -2.22. The standard InChI is InChI=1S/C21H24N2O3S/c1-14(2)10-11-26-17-9-8-15(12-18(17)25-3)21(24)22-13-20-23-16-6-4-5-7-19(16)27-20/h4-9,12,14H,10-11,13H2,1-3H3,(H,22,24). The molecule has 0 aliphatic heterocycles. The number of benzene rings is 2. The smallest absolute Gasteiger partial charge is 0.251 e. The number of ether oxygens (including phenoxy) is 2. The van der Waals surface area contributed by atoms with Gasteiger partial charge in [-0.05, 0) is 42.7 Å². The van der Waals surface area contributed by atoms with Crippen molar-refractivity contribution in [2.24, 2.45) is 5.92 Å². The van der Waals surface area contributed by atoms with Crippen LogP contribution in [0.25, 0.3) is 10.2 Å². The summed E-state index contributed by atoms with van der Waals surface area (Å²) in [4.78, 5) is 17.0. The fourth-order valence-corrected chi connectivity index (χ4v) is 3.49. The molecule has 0 spiro atoms. The lowest BCUT2D eigenvalue weighted by molar-refractivity contribution is 0.0950. The summed E-state index contributed by atoms with van der Waals surface area (Å²) in [7, 11) is 1.58. The molecule has 0 radical (unpaired) electrons. The Morgan fingerprint density at radius 2 is 2.00 bits per heavy atom. The maximum Gasteiger partial charge on any atom is 0.251 e. The van der Waals surface area contributed by atoms with E-state index in [-0.39, 0.29) is 5.91 Å². The van der Waals surface area contributed by atoms with Gasteiger partial charge in [0.15, 0.2) is 11.5 Å². The number of nitrogens with one attached hydrogen (secondary N) is 1. The molecule has 0 aliphatic rings. The zero-order valence-electron chi connectivity index (χ0n) is 15.8. The fourth-order valence-electron chi connectivity index (χ4n) is 2.59. The minimum Gasteiger partial charge on any atom is -0.493 e. The summed E-state index contributed by atoms with van der Waals surface area (Å²) in [6.07, 6.45) is 0.966. The van der Waals surface area contributed by atoms with Crippen molar-refractivity contribution in [1.82, 2.24) is 10.3 Å². The van der Waals surface area contributed by atoms with E-state index in [4.69, 9.17) is 9.47 Å². The Kier molecular flexibility index (Phi) is 6.29. The van der Waals surface area contributed by atoms with Crippen LogP contribution in [0.1, 0.15) is 35.6 Å². The van der Waals surface area contributed by atoms with Crippen molar-refractivity contribution in [3.05, 3.63) is 53.0 Å². The Labute approximate surface area is 163 Å². The van der Waals surface area contributed by atoms with Crippen LogP contribution in [-0.2, 0) is 6.54 Å². The number of rotatable bonds is 8. The maximum absolute atomic E-state index is 12.5. The van der Waals surface area contributed by atoms with Gasteiger partial charge in [-0.15, -0.1) is 11.3 Å². The molecular weight excluding hydrogens is 360 g/mol. The summed E-state index contributed by atoms with van der Waals surface area (Å²) >= 11 is 1.59. The van der Waals surface area contributed by atoms with E-state index in [0.717, 1.165) is 21.6 Å². The van der Waals surface area contributed by atoms with E-state index in [1.54, 1.807) is 36.6 Å². The highest BCUT2D eigenvalue weighted by Gasteiger charge is 2.12. The van der Waals surface area contributed by atoms with Gasteiger partial charge >= 0.3 is 0 Å². The molecule has 3 aromatic rings. The molecule has 27 heavy (non-hydrogen) atoms. The fraction of sp³-hybridized carbons (Fsp3) is 0.333. The van der Waals surface area contributed by atoms with Crippen LogP contribution in [0, 0.1) is 5.92 Å². The van der Waals surface area contributed by atoms with E-state index in [9.17, 15) is 4.79 Å². The van der Waals surface area contributed by atoms with Crippen molar-refractivity contribution in [3.8, 4) is 11.5 Å². The van der Waals surface area contributed by atoms with E-state index in [0.29, 0.717) is 36.1 Å². The third-order valence-electron chi connectivity index (χ3n) is 4.12. The number of para-hydroxylation sites is 1. The first kappa shape index (κ1) is 19.2. The van der Waals surface area contributed by atoms with Gasteiger partial charge in [-0.25, -0.2) is 4.98 Å². The van der Waals surface area contributed by atoms with Crippen molar-refractivity contribution >= 4 is 27.5 Å². The summed E-state index contributed by atoms with van der Waals surface area (Å²) in [5.41, 5.74) is 1.49. The van der Waals surface area contributed by atoms with Crippen molar-refractivity contribution < 1.29 is 14.3 Å². The predicted molar refractivity (Wildman–Crippen MR) is 109 cm³/mol. The van der Waals surface area contributed by atoms with Gasteiger partial charge in [-0.3, -0.25) is 4.79 Å². The third kappa shape index (κ3) is 4.98. The van der Waals surface area contributed by atoms with Gasteiger partial charge in [0.05, 0.1) is 30.5 Å². The Morgan fingerprint density at radius 1 is 1.19 bits per heavy atom. The molecular formula is C21H24N2O3S. The first-order chi connectivity index (χ1) is 13.1. The van der Waals surface area contributed by atoms with Gasteiger partial charge in [-0.2, -0.15) is 0 Å². The monoisotopic (exact) mass is 384 g/mol. The molecule has 1 N–H and O–H groups in total. The molecule has 0 atom stereocenters. The second-order valence-electron chi connectivity index (χ2n) is 6.65. The molecule has 1 amide bonds. The van der Waals surface area contributed by atoms with E-state index in [2.05, 4.69) is 24.1 Å². The minimum atomic E-state index is -0.165. The molecule has 5 nitrogen and oxygen atoms in total. The molecule has 0 bridgehead atoms. The van der Waals surface area contributed by atoms with Gasteiger partial charge in [0.1, 0.15) is 5.01 Å². The molecule has 1 heterocycles. The Morgan fingerprint density at radius 3 is 2.74 bits per heavy atom. The maximum atomic E-state index is 12.5. The second kappa shape index (κ2) is 8.86. The number of hydrogen-bond acceptors (Lipinski definition) is 5. The second-order valence-corrected chi connectivity index (χ2v) is 7.77. The number of nitrogens with zero attached hydrogens (tertiary/aromatic N) is 1. The Bertz CT molecular complexity index is 888. The van der Waals surface area contributed by atoms with E-state index in [1.165, 1.54) is 0 Å². The topological polar surface area (TPSA) is 60.5 Å². The first-order valence-electron chi connectivity index (χ1n) is 9.00. The van der Waals surface area contributed by atoms with Gasteiger partial charge in [0, 0.05) is 5.56 Å². The number of carbonyl (C=O) groups is 1. The third-order valence-corrected chi connectivity index (χ3v) is 5.15. The average molecular weight is 385 g/mol. The molecule has 0 unspecified atom stereocenters. The summed E-state index contributed by atoms with van der Waals surface area (Å²) in [5, 5.41) is 3.80. The number of carbonyl (C=O) groups excluding carboxylic acids is 1. The summed E-state index contributed by atoms with van der Waals surface area (Å²) < 4.78 is 12.3. The SMILES string of the molecule is COc1cc(C(=O)NCc2nc3ccccc3s2)ccc1OCCC(C)C. The van der Waals surface area contributed by atoms with Crippen LogP contribution in [0.15, 0.2) is 42.5 Å². The van der Waals surface area contributed by atoms with Crippen LogP contribution in [0.5, 0.6) is 11.5 Å². The molecule has 2 aromatic carbocycles. The van der Waals surface area contributed by atoms with Crippen LogP contribution in [0.3, 0.4) is 0 Å². The molecule has 3 rings (SSSR count). The molecule has 0 aliphatic carbocycles. The van der Waals surface area contributed by atoms with Crippen LogP contribution >= 0.6 is 11.3 Å². The summed E-state index contributed by atoms with van der Waals surface area (Å²) in [5.74, 6) is 1.62. The number of aromatic nitrogens is 1. The number of thiazole rings is 1. The lowest BCUT2D eigenvalue weighted by atomic mass is 10.1. The predicted octanol–water partition coefficient (Wildman–Crippen LogP) is 4.66. The molecule has 0 fully saturated rings. The van der Waals surface area contributed by atoms with Gasteiger partial charge in [0.25, 0.3) is 5.91 Å². The number of hydrogen-bond donors (Lipinski definition) is 1. The van der Waals surface area contributed by atoms with Crippen molar-refractivity contribution in [2.45, 2.75) is 26.8 Å². The average Bonchev–Trinajstić information content (AvgIpc) is 3.09.